The van der Waals surface area contributed by atoms with Gasteiger partial charge in [0.15, 0.2) is 0 Å². The molecule has 0 spiro atoms. The Labute approximate surface area is 116 Å². The molecule has 0 bridgehead atoms. The number of hydrogen-bond acceptors (Lipinski definition) is 5. The molecular weight excluding hydrogens is 246 g/mol. The minimum atomic E-state index is 0.226. The highest BCUT2D eigenvalue weighted by Gasteiger charge is 2.17. The number of nitrogens with one attached hydrogen (secondary N) is 1. The van der Waals surface area contributed by atoms with Crippen molar-refractivity contribution in [2.24, 2.45) is 0 Å². The first-order valence-corrected chi connectivity index (χ1v) is 6.97. The van der Waals surface area contributed by atoms with Crippen molar-refractivity contribution in [1.29, 1.82) is 0 Å². The summed E-state index contributed by atoms with van der Waals surface area (Å²) in [7, 11) is 3.65. The molecule has 0 aromatic rings. The Hall–Kier alpha value is -0.690. The molecule has 0 saturated carbocycles. The zero-order valence-electron chi connectivity index (χ0n) is 12.2. The number of ether oxygens (including phenoxy) is 2. The molecule has 6 heteroatoms. The fourth-order valence-corrected chi connectivity index (χ4v) is 2.01. The smallest absolute Gasteiger partial charge is 0.236 e. The molecule has 0 atom stereocenters. The van der Waals surface area contributed by atoms with E-state index in [0.717, 1.165) is 45.8 Å². The Balaban J connectivity index is 2.02. The number of likely N-dealkylation sites (N-methyl/N-ethyl adjacent to an activating group) is 1. The molecule has 1 N–H and O–H groups in total. The Bertz CT molecular complexity index is 245. The van der Waals surface area contributed by atoms with Gasteiger partial charge in [0.25, 0.3) is 0 Å². The SMILES string of the molecule is COCCOCCCN(C)CC(=O)N1CCNCC1. The molecule has 1 aliphatic rings. The van der Waals surface area contributed by atoms with Crippen molar-refractivity contribution in [3.8, 4) is 0 Å². The van der Waals surface area contributed by atoms with Crippen molar-refractivity contribution in [3.05, 3.63) is 0 Å². The van der Waals surface area contributed by atoms with Gasteiger partial charge in [-0.1, -0.05) is 0 Å². The highest BCUT2D eigenvalue weighted by Crippen LogP contribution is 1.96. The zero-order chi connectivity index (χ0) is 13.9. The fourth-order valence-electron chi connectivity index (χ4n) is 2.01. The Kier molecular flexibility index (Phi) is 8.73. The third-order valence-corrected chi connectivity index (χ3v) is 3.14. The maximum atomic E-state index is 12.0. The maximum absolute atomic E-state index is 12.0. The van der Waals surface area contributed by atoms with Gasteiger partial charge in [-0.05, 0) is 13.5 Å². The van der Waals surface area contributed by atoms with Gasteiger partial charge in [0.2, 0.25) is 5.91 Å². The third-order valence-electron chi connectivity index (χ3n) is 3.14. The fraction of sp³-hybridized carbons (Fsp3) is 0.923. The van der Waals surface area contributed by atoms with Crippen molar-refractivity contribution in [3.63, 3.8) is 0 Å². The first-order valence-electron chi connectivity index (χ1n) is 6.97. The first-order chi connectivity index (χ1) is 9.24. The van der Waals surface area contributed by atoms with E-state index in [0.29, 0.717) is 19.8 Å². The number of piperazine rings is 1. The van der Waals surface area contributed by atoms with Crippen LogP contribution >= 0.6 is 0 Å². The van der Waals surface area contributed by atoms with Crippen LogP contribution in [0.4, 0.5) is 0 Å². The number of carbonyl (C=O) groups is 1. The summed E-state index contributed by atoms with van der Waals surface area (Å²) in [5, 5.41) is 3.25. The van der Waals surface area contributed by atoms with E-state index >= 15 is 0 Å². The Morgan fingerprint density at radius 2 is 2.00 bits per heavy atom. The Morgan fingerprint density at radius 3 is 2.68 bits per heavy atom. The summed E-state index contributed by atoms with van der Waals surface area (Å²) in [5.74, 6) is 0.226. The standard InChI is InChI=1S/C13H27N3O3/c1-15(6-3-9-19-11-10-18-2)12-13(17)16-7-4-14-5-8-16/h14H,3-12H2,1-2H3. The number of hydrogen-bond donors (Lipinski definition) is 1. The summed E-state index contributed by atoms with van der Waals surface area (Å²) in [5.41, 5.74) is 0. The molecule has 0 aromatic heterocycles. The molecule has 0 aromatic carbocycles. The van der Waals surface area contributed by atoms with Gasteiger partial charge >= 0.3 is 0 Å². The van der Waals surface area contributed by atoms with Crippen LogP contribution in [0, 0.1) is 0 Å². The molecule has 6 nitrogen and oxygen atoms in total. The minimum Gasteiger partial charge on any atom is -0.382 e. The predicted molar refractivity (Wildman–Crippen MR) is 74.3 cm³/mol. The van der Waals surface area contributed by atoms with Crippen LogP contribution in [0.3, 0.4) is 0 Å². The summed E-state index contributed by atoms with van der Waals surface area (Å²) in [6.07, 6.45) is 0.940. The van der Waals surface area contributed by atoms with E-state index < -0.39 is 0 Å². The molecule has 1 heterocycles. The second kappa shape index (κ2) is 10.1. The van der Waals surface area contributed by atoms with E-state index in [4.69, 9.17) is 9.47 Å². The molecule has 1 rings (SSSR count). The molecule has 112 valence electrons. The molecule has 0 unspecified atom stereocenters. The number of carbonyl (C=O) groups excluding carboxylic acids is 1. The van der Waals surface area contributed by atoms with E-state index in [9.17, 15) is 4.79 Å². The molecule has 0 radical (unpaired) electrons. The first kappa shape index (κ1) is 16.4. The largest absolute Gasteiger partial charge is 0.382 e. The lowest BCUT2D eigenvalue weighted by molar-refractivity contribution is -0.132. The van der Waals surface area contributed by atoms with Crippen molar-refractivity contribution < 1.29 is 14.3 Å². The average Bonchev–Trinajstić information content (AvgIpc) is 2.43. The summed E-state index contributed by atoms with van der Waals surface area (Å²) in [6.45, 7) is 6.83. The van der Waals surface area contributed by atoms with Gasteiger partial charge in [0.05, 0.1) is 19.8 Å². The zero-order valence-corrected chi connectivity index (χ0v) is 12.2. The lowest BCUT2D eigenvalue weighted by Crippen LogP contribution is -2.49. The van der Waals surface area contributed by atoms with Crippen LogP contribution in [-0.4, -0.2) is 89.0 Å². The van der Waals surface area contributed by atoms with Crippen molar-refractivity contribution >= 4 is 5.91 Å². The monoisotopic (exact) mass is 273 g/mol. The summed E-state index contributed by atoms with van der Waals surface area (Å²) >= 11 is 0. The van der Waals surface area contributed by atoms with Crippen LogP contribution in [-0.2, 0) is 14.3 Å². The number of amides is 1. The van der Waals surface area contributed by atoms with Crippen molar-refractivity contribution in [1.82, 2.24) is 15.1 Å². The predicted octanol–water partition coefficient (Wildman–Crippen LogP) is -0.597. The van der Waals surface area contributed by atoms with Crippen LogP contribution in [0.5, 0.6) is 0 Å². The van der Waals surface area contributed by atoms with Gasteiger partial charge in [0.1, 0.15) is 0 Å². The van der Waals surface area contributed by atoms with Gasteiger partial charge in [-0.2, -0.15) is 0 Å². The van der Waals surface area contributed by atoms with E-state index in [2.05, 4.69) is 10.2 Å². The molecule has 1 fully saturated rings. The van der Waals surface area contributed by atoms with Crippen molar-refractivity contribution in [2.75, 3.05) is 73.2 Å². The van der Waals surface area contributed by atoms with E-state index in [-0.39, 0.29) is 5.91 Å². The highest BCUT2D eigenvalue weighted by atomic mass is 16.5. The summed E-state index contributed by atoms with van der Waals surface area (Å²) in [4.78, 5) is 16.0. The quantitative estimate of drug-likeness (QED) is 0.569. The normalized spacial score (nSPS) is 16.1. The topological polar surface area (TPSA) is 54.0 Å². The van der Waals surface area contributed by atoms with Crippen LogP contribution < -0.4 is 5.32 Å². The lowest BCUT2D eigenvalue weighted by Gasteiger charge is -2.29. The van der Waals surface area contributed by atoms with Crippen LogP contribution in [0.25, 0.3) is 0 Å². The van der Waals surface area contributed by atoms with E-state index in [1.807, 2.05) is 11.9 Å². The number of rotatable bonds is 9. The van der Waals surface area contributed by atoms with Gasteiger partial charge in [0, 0.05) is 46.4 Å². The summed E-state index contributed by atoms with van der Waals surface area (Å²) in [6, 6.07) is 0. The van der Waals surface area contributed by atoms with Gasteiger partial charge < -0.3 is 19.7 Å². The van der Waals surface area contributed by atoms with Gasteiger partial charge in [-0.15, -0.1) is 0 Å². The van der Waals surface area contributed by atoms with Gasteiger partial charge in [-0.3, -0.25) is 9.69 Å². The molecule has 1 aliphatic heterocycles. The lowest BCUT2D eigenvalue weighted by atomic mass is 10.3. The third kappa shape index (κ3) is 7.47. The summed E-state index contributed by atoms with van der Waals surface area (Å²) < 4.78 is 10.3. The van der Waals surface area contributed by atoms with Gasteiger partial charge in [-0.25, -0.2) is 0 Å². The van der Waals surface area contributed by atoms with Crippen LogP contribution in [0.15, 0.2) is 0 Å². The Morgan fingerprint density at radius 1 is 1.26 bits per heavy atom. The minimum absolute atomic E-state index is 0.226. The molecule has 1 amide bonds. The number of nitrogens with zero attached hydrogens (tertiary/aromatic N) is 2. The second-order valence-electron chi connectivity index (χ2n) is 4.83. The average molecular weight is 273 g/mol. The molecule has 1 saturated heterocycles. The molecular formula is C13H27N3O3. The number of methoxy groups -OCH3 is 1. The van der Waals surface area contributed by atoms with Crippen molar-refractivity contribution in [2.45, 2.75) is 6.42 Å². The maximum Gasteiger partial charge on any atom is 0.236 e. The molecule has 19 heavy (non-hydrogen) atoms. The van der Waals surface area contributed by atoms with E-state index in [1.54, 1.807) is 7.11 Å². The van der Waals surface area contributed by atoms with Crippen LogP contribution in [0.2, 0.25) is 0 Å². The van der Waals surface area contributed by atoms with E-state index in [1.165, 1.54) is 0 Å². The highest BCUT2D eigenvalue weighted by molar-refractivity contribution is 5.78. The molecule has 0 aliphatic carbocycles. The second-order valence-corrected chi connectivity index (χ2v) is 4.83. The van der Waals surface area contributed by atoms with Crippen LogP contribution in [0.1, 0.15) is 6.42 Å².